The van der Waals surface area contributed by atoms with E-state index in [1.165, 1.54) is 18.5 Å². The van der Waals surface area contributed by atoms with Crippen molar-refractivity contribution in [2.24, 2.45) is 5.92 Å². The summed E-state index contributed by atoms with van der Waals surface area (Å²) < 4.78 is 14.1. The molecule has 2 aliphatic rings. The van der Waals surface area contributed by atoms with Gasteiger partial charge in [-0.3, -0.25) is 4.79 Å². The molecular weight excluding hydrogens is 337 g/mol. The van der Waals surface area contributed by atoms with E-state index in [1.54, 1.807) is 11.1 Å². The molecule has 0 bridgehead atoms. The number of aromatic carboxylic acids is 1. The van der Waals surface area contributed by atoms with Crippen LogP contribution in [0.1, 0.15) is 39.2 Å². The summed E-state index contributed by atoms with van der Waals surface area (Å²) in [5.41, 5.74) is 2.88. The normalized spacial score (nSPS) is 18.8. The van der Waals surface area contributed by atoms with Gasteiger partial charge in [0.1, 0.15) is 12.1 Å². The lowest BCUT2D eigenvalue weighted by atomic mass is 9.85. The Bertz CT molecular complexity index is 900. The number of carboxylic acids is 1. The molecule has 0 radical (unpaired) electrons. The van der Waals surface area contributed by atoms with E-state index in [0.717, 1.165) is 17.7 Å². The van der Waals surface area contributed by atoms with E-state index < -0.39 is 11.8 Å². The van der Waals surface area contributed by atoms with Gasteiger partial charge in [-0.2, -0.15) is 0 Å². The summed E-state index contributed by atoms with van der Waals surface area (Å²) in [5, 5.41) is 9.37. The lowest BCUT2D eigenvalue weighted by Crippen LogP contribution is -2.42. The van der Waals surface area contributed by atoms with E-state index in [1.807, 2.05) is 0 Å². The molecule has 2 heterocycles. The van der Waals surface area contributed by atoms with Crippen molar-refractivity contribution in [3.8, 4) is 0 Å². The number of rotatable bonds is 2. The van der Waals surface area contributed by atoms with Crippen LogP contribution in [0.3, 0.4) is 0 Å². The Hall–Kier alpha value is -2.83. The van der Waals surface area contributed by atoms with Crippen LogP contribution in [-0.2, 0) is 30.6 Å². The third-order valence-electron chi connectivity index (χ3n) is 5.32. The molecular formula is C19H18FN3O3. The van der Waals surface area contributed by atoms with Crippen molar-refractivity contribution in [3.63, 3.8) is 0 Å². The first kappa shape index (κ1) is 16.6. The molecule has 1 amide bonds. The fourth-order valence-corrected chi connectivity index (χ4v) is 3.95. The highest BCUT2D eigenvalue weighted by Gasteiger charge is 2.32. The molecule has 1 aliphatic carbocycles. The minimum Gasteiger partial charge on any atom is -0.478 e. The van der Waals surface area contributed by atoms with E-state index in [9.17, 15) is 19.1 Å². The van der Waals surface area contributed by atoms with Crippen molar-refractivity contribution in [3.05, 3.63) is 58.4 Å². The summed E-state index contributed by atoms with van der Waals surface area (Å²) in [6, 6.07) is 2.47. The second kappa shape index (κ2) is 6.48. The molecule has 6 nitrogen and oxygen atoms in total. The second-order valence-electron chi connectivity index (χ2n) is 6.80. The zero-order valence-electron chi connectivity index (χ0n) is 14.1. The first-order chi connectivity index (χ1) is 12.5. The Morgan fingerprint density at radius 3 is 2.88 bits per heavy atom. The Kier molecular flexibility index (Phi) is 4.14. The van der Waals surface area contributed by atoms with Gasteiger partial charge < -0.3 is 10.0 Å². The number of benzene rings is 1. The van der Waals surface area contributed by atoms with Crippen LogP contribution in [0.5, 0.6) is 0 Å². The first-order valence-electron chi connectivity index (χ1n) is 8.64. The molecule has 0 fully saturated rings. The van der Waals surface area contributed by atoms with Gasteiger partial charge in [-0.15, -0.1) is 0 Å². The smallest absolute Gasteiger partial charge is 0.336 e. The number of nitrogens with zero attached hydrogens (tertiary/aromatic N) is 3. The standard InChI is InChI=1S/C19H18FN3O3/c20-16-3-2-14(19(25)26)15-9-23(6-5-13(15)16)18(24)11-1-4-17-12(7-11)8-21-10-22-17/h2-3,8,10-11H,1,4-7,9H2,(H,25,26). The van der Waals surface area contributed by atoms with Gasteiger partial charge in [-0.1, -0.05) is 0 Å². The fourth-order valence-electron chi connectivity index (χ4n) is 3.95. The quantitative estimate of drug-likeness (QED) is 0.891. The number of carbonyl (C=O) groups excluding carboxylic acids is 1. The van der Waals surface area contributed by atoms with Gasteiger partial charge in [0.25, 0.3) is 0 Å². The predicted octanol–water partition coefficient (Wildman–Crippen LogP) is 2.00. The van der Waals surface area contributed by atoms with E-state index in [4.69, 9.17) is 0 Å². The molecule has 134 valence electrons. The first-order valence-corrected chi connectivity index (χ1v) is 8.64. The van der Waals surface area contributed by atoms with Gasteiger partial charge in [-0.25, -0.2) is 19.2 Å². The maximum Gasteiger partial charge on any atom is 0.336 e. The lowest BCUT2D eigenvalue weighted by molar-refractivity contribution is -0.136. The summed E-state index contributed by atoms with van der Waals surface area (Å²) in [7, 11) is 0. The molecule has 1 aliphatic heterocycles. The van der Waals surface area contributed by atoms with Crippen LogP contribution in [0, 0.1) is 11.7 Å². The number of fused-ring (bicyclic) bond motifs is 2. The van der Waals surface area contributed by atoms with Crippen molar-refractivity contribution in [2.75, 3.05) is 6.54 Å². The topological polar surface area (TPSA) is 83.4 Å². The maximum atomic E-state index is 14.1. The van der Waals surface area contributed by atoms with Gasteiger partial charge in [-0.05, 0) is 54.5 Å². The number of carboxylic acid groups (broad SMARTS) is 1. The highest BCUT2D eigenvalue weighted by molar-refractivity contribution is 5.90. The van der Waals surface area contributed by atoms with Crippen LogP contribution in [0.4, 0.5) is 4.39 Å². The zero-order valence-corrected chi connectivity index (χ0v) is 14.1. The molecule has 1 atom stereocenters. The molecule has 4 rings (SSSR count). The zero-order chi connectivity index (χ0) is 18.3. The lowest BCUT2D eigenvalue weighted by Gasteiger charge is -2.34. The molecule has 2 aromatic rings. The van der Waals surface area contributed by atoms with Crippen LogP contribution in [-0.4, -0.2) is 38.4 Å². The molecule has 1 unspecified atom stereocenters. The third-order valence-corrected chi connectivity index (χ3v) is 5.32. The SMILES string of the molecule is O=C(O)c1ccc(F)c2c1CN(C(=O)C1CCc3ncncc3C1)CC2. The molecule has 7 heteroatoms. The van der Waals surface area contributed by atoms with E-state index >= 15 is 0 Å². The Labute approximate surface area is 149 Å². The number of hydrogen-bond acceptors (Lipinski definition) is 4. The number of halogens is 1. The van der Waals surface area contributed by atoms with Crippen molar-refractivity contribution in [2.45, 2.75) is 32.2 Å². The average Bonchev–Trinajstić information content (AvgIpc) is 2.66. The van der Waals surface area contributed by atoms with Gasteiger partial charge in [0.05, 0.1) is 5.56 Å². The van der Waals surface area contributed by atoms with Crippen LogP contribution < -0.4 is 0 Å². The van der Waals surface area contributed by atoms with Gasteiger partial charge in [0, 0.05) is 30.9 Å². The summed E-state index contributed by atoms with van der Waals surface area (Å²) in [4.78, 5) is 34.4. The highest BCUT2D eigenvalue weighted by Crippen LogP contribution is 2.29. The molecule has 0 spiro atoms. The van der Waals surface area contributed by atoms with Gasteiger partial charge in [0.15, 0.2) is 0 Å². The van der Waals surface area contributed by atoms with Crippen LogP contribution >= 0.6 is 0 Å². The summed E-state index contributed by atoms with van der Waals surface area (Å²) in [5.74, 6) is -1.68. The Balaban J connectivity index is 1.57. The summed E-state index contributed by atoms with van der Waals surface area (Å²) in [6.45, 7) is 0.544. The second-order valence-corrected chi connectivity index (χ2v) is 6.80. The predicted molar refractivity (Wildman–Crippen MR) is 90.0 cm³/mol. The Morgan fingerprint density at radius 1 is 1.23 bits per heavy atom. The minimum atomic E-state index is -1.10. The Morgan fingerprint density at radius 2 is 2.08 bits per heavy atom. The number of hydrogen-bond donors (Lipinski definition) is 1. The van der Waals surface area contributed by atoms with Gasteiger partial charge in [0.2, 0.25) is 5.91 Å². The molecule has 26 heavy (non-hydrogen) atoms. The van der Waals surface area contributed by atoms with Crippen molar-refractivity contribution < 1.29 is 19.1 Å². The molecule has 1 aromatic heterocycles. The largest absolute Gasteiger partial charge is 0.478 e. The number of aromatic nitrogens is 2. The maximum absolute atomic E-state index is 14.1. The van der Waals surface area contributed by atoms with E-state index in [2.05, 4.69) is 9.97 Å². The number of amides is 1. The molecule has 0 saturated carbocycles. The molecule has 0 saturated heterocycles. The van der Waals surface area contributed by atoms with Crippen LogP contribution in [0.15, 0.2) is 24.7 Å². The van der Waals surface area contributed by atoms with Crippen molar-refractivity contribution in [1.82, 2.24) is 14.9 Å². The number of aryl methyl sites for hydroxylation is 1. The van der Waals surface area contributed by atoms with E-state index in [0.29, 0.717) is 36.9 Å². The van der Waals surface area contributed by atoms with E-state index in [-0.39, 0.29) is 23.9 Å². The monoisotopic (exact) mass is 355 g/mol. The van der Waals surface area contributed by atoms with Crippen LogP contribution in [0.2, 0.25) is 0 Å². The molecule has 1 aromatic carbocycles. The summed E-state index contributed by atoms with van der Waals surface area (Å²) >= 11 is 0. The van der Waals surface area contributed by atoms with Crippen molar-refractivity contribution in [1.29, 1.82) is 0 Å². The average molecular weight is 355 g/mol. The minimum absolute atomic E-state index is 0.00856. The van der Waals surface area contributed by atoms with Gasteiger partial charge >= 0.3 is 5.97 Å². The van der Waals surface area contributed by atoms with Crippen LogP contribution in [0.25, 0.3) is 0 Å². The molecule has 1 N–H and O–H groups in total. The van der Waals surface area contributed by atoms with Crippen molar-refractivity contribution >= 4 is 11.9 Å². The number of carbonyl (C=O) groups is 2. The fraction of sp³-hybridized carbons (Fsp3) is 0.368. The summed E-state index contributed by atoms with van der Waals surface area (Å²) in [6.07, 6.45) is 5.64. The third kappa shape index (κ3) is 2.83. The highest BCUT2D eigenvalue weighted by atomic mass is 19.1.